The minimum atomic E-state index is 0.209. The average Bonchev–Trinajstić information content (AvgIpc) is 3.29. The van der Waals surface area contributed by atoms with Gasteiger partial charge in [0.2, 0.25) is 11.8 Å². The van der Waals surface area contributed by atoms with Gasteiger partial charge in [0.1, 0.15) is 0 Å². The second-order valence-corrected chi connectivity index (χ2v) is 9.26. The van der Waals surface area contributed by atoms with E-state index in [0.29, 0.717) is 12.3 Å². The van der Waals surface area contributed by atoms with Crippen molar-refractivity contribution in [1.82, 2.24) is 19.9 Å². The average molecular weight is 397 g/mol. The molecule has 2 aliphatic rings. The summed E-state index contributed by atoms with van der Waals surface area (Å²) in [7, 11) is 2.15. The van der Waals surface area contributed by atoms with Crippen molar-refractivity contribution in [2.75, 3.05) is 26.7 Å². The van der Waals surface area contributed by atoms with Gasteiger partial charge >= 0.3 is 0 Å². The van der Waals surface area contributed by atoms with E-state index < -0.39 is 0 Å². The third kappa shape index (κ3) is 4.08. The van der Waals surface area contributed by atoms with Crippen molar-refractivity contribution in [3.8, 4) is 0 Å². The summed E-state index contributed by atoms with van der Waals surface area (Å²) >= 11 is 0. The lowest BCUT2D eigenvalue weighted by molar-refractivity contribution is -0.132. The summed E-state index contributed by atoms with van der Waals surface area (Å²) in [6.07, 6.45) is 3.63. The molecule has 3 heterocycles. The summed E-state index contributed by atoms with van der Waals surface area (Å²) in [6.45, 7) is 8.93. The Hall–Kier alpha value is -2.21. The molecule has 1 spiro atoms. The lowest BCUT2D eigenvalue weighted by atomic mass is 9.76. The molecule has 29 heavy (non-hydrogen) atoms. The summed E-state index contributed by atoms with van der Waals surface area (Å²) in [5, 5.41) is 4.25. The van der Waals surface area contributed by atoms with Crippen LogP contribution in [0.25, 0.3) is 0 Å². The van der Waals surface area contributed by atoms with Crippen LogP contribution in [0.2, 0.25) is 0 Å². The van der Waals surface area contributed by atoms with Gasteiger partial charge in [-0.25, -0.2) is 0 Å². The fourth-order valence-electron chi connectivity index (χ4n) is 4.85. The molecule has 1 atom stereocenters. The maximum atomic E-state index is 12.8. The molecular weight excluding hydrogens is 364 g/mol. The number of hydrogen-bond acceptors (Lipinski definition) is 5. The minimum absolute atomic E-state index is 0.209. The lowest BCUT2D eigenvalue weighted by Gasteiger charge is -2.39. The number of rotatable bonds is 4. The molecule has 1 unspecified atom stereocenters. The van der Waals surface area contributed by atoms with Gasteiger partial charge in [-0.1, -0.05) is 43.3 Å². The van der Waals surface area contributed by atoms with Crippen LogP contribution in [0.4, 0.5) is 0 Å². The molecular formula is C23H32N4O2. The SMILES string of the molecule is Cc1ccccc1CC(=O)N1CCC2(CC1)CC(c1noc(C(C)C)n1)N(C)C2. The van der Waals surface area contributed by atoms with Crippen LogP contribution in [0.15, 0.2) is 28.8 Å². The van der Waals surface area contributed by atoms with E-state index in [4.69, 9.17) is 4.52 Å². The highest BCUT2D eigenvalue weighted by Gasteiger charge is 2.46. The largest absolute Gasteiger partial charge is 0.342 e. The Labute approximate surface area is 173 Å². The number of aryl methyl sites for hydroxylation is 1. The van der Waals surface area contributed by atoms with Crippen LogP contribution in [0.5, 0.6) is 0 Å². The van der Waals surface area contributed by atoms with Crippen molar-refractivity contribution in [1.29, 1.82) is 0 Å². The molecule has 2 saturated heterocycles. The number of carbonyl (C=O) groups is 1. The van der Waals surface area contributed by atoms with Crippen LogP contribution < -0.4 is 0 Å². The van der Waals surface area contributed by atoms with E-state index in [9.17, 15) is 4.79 Å². The van der Waals surface area contributed by atoms with Gasteiger partial charge in [0, 0.05) is 25.6 Å². The van der Waals surface area contributed by atoms with E-state index in [2.05, 4.69) is 59.9 Å². The van der Waals surface area contributed by atoms with Crippen molar-refractivity contribution in [2.45, 2.75) is 58.4 Å². The van der Waals surface area contributed by atoms with Crippen LogP contribution in [0, 0.1) is 12.3 Å². The number of nitrogens with zero attached hydrogens (tertiary/aromatic N) is 4. The minimum Gasteiger partial charge on any atom is -0.342 e. The Morgan fingerprint density at radius 3 is 2.66 bits per heavy atom. The maximum absolute atomic E-state index is 12.8. The van der Waals surface area contributed by atoms with Crippen LogP contribution in [-0.4, -0.2) is 52.5 Å². The van der Waals surface area contributed by atoms with Crippen molar-refractivity contribution in [3.63, 3.8) is 0 Å². The Morgan fingerprint density at radius 1 is 1.28 bits per heavy atom. The van der Waals surface area contributed by atoms with E-state index in [1.807, 2.05) is 12.1 Å². The molecule has 0 aliphatic carbocycles. The van der Waals surface area contributed by atoms with E-state index in [0.717, 1.165) is 50.3 Å². The second-order valence-electron chi connectivity index (χ2n) is 9.26. The topological polar surface area (TPSA) is 62.5 Å². The number of likely N-dealkylation sites (tertiary alicyclic amines) is 2. The van der Waals surface area contributed by atoms with Gasteiger partial charge in [-0.05, 0) is 49.8 Å². The molecule has 6 nitrogen and oxygen atoms in total. The zero-order chi connectivity index (χ0) is 20.6. The first-order valence-corrected chi connectivity index (χ1v) is 10.7. The molecule has 1 amide bonds. The molecule has 6 heteroatoms. The Morgan fingerprint density at radius 2 is 2.00 bits per heavy atom. The number of carbonyl (C=O) groups excluding carboxylic acids is 1. The quantitative estimate of drug-likeness (QED) is 0.788. The van der Waals surface area contributed by atoms with Gasteiger partial charge in [-0.3, -0.25) is 9.69 Å². The van der Waals surface area contributed by atoms with Crippen LogP contribution in [0.3, 0.4) is 0 Å². The smallest absolute Gasteiger partial charge is 0.229 e. The molecule has 0 bridgehead atoms. The molecule has 2 fully saturated rings. The van der Waals surface area contributed by atoms with E-state index >= 15 is 0 Å². The van der Waals surface area contributed by atoms with Gasteiger partial charge in [-0.2, -0.15) is 4.98 Å². The number of hydrogen-bond donors (Lipinski definition) is 0. The lowest BCUT2D eigenvalue weighted by Crippen LogP contribution is -2.44. The highest BCUT2D eigenvalue weighted by molar-refractivity contribution is 5.79. The van der Waals surface area contributed by atoms with Crippen molar-refractivity contribution in [3.05, 3.63) is 47.1 Å². The number of piperidine rings is 1. The number of aromatic nitrogens is 2. The predicted octanol–water partition coefficient (Wildman–Crippen LogP) is 3.73. The van der Waals surface area contributed by atoms with E-state index in [-0.39, 0.29) is 23.3 Å². The molecule has 2 aromatic rings. The summed E-state index contributed by atoms with van der Waals surface area (Å²) in [5.41, 5.74) is 2.57. The van der Waals surface area contributed by atoms with Crippen molar-refractivity contribution >= 4 is 5.91 Å². The highest BCUT2D eigenvalue weighted by Crippen LogP contribution is 2.47. The van der Waals surface area contributed by atoms with Gasteiger partial charge in [0.05, 0.1) is 12.5 Å². The predicted molar refractivity (Wildman–Crippen MR) is 112 cm³/mol. The monoisotopic (exact) mass is 396 g/mol. The standard InChI is InChI=1S/C23H32N4O2/c1-16(2)22-24-21(25-29-22)19-14-23(15-26(19)4)9-11-27(12-10-23)20(28)13-18-8-6-5-7-17(18)3/h5-8,16,19H,9-15H2,1-4H3. The molecule has 4 rings (SSSR count). The van der Waals surface area contributed by atoms with Gasteiger partial charge in [0.25, 0.3) is 0 Å². The van der Waals surface area contributed by atoms with Gasteiger partial charge in [-0.15, -0.1) is 0 Å². The molecule has 0 N–H and O–H groups in total. The molecule has 0 saturated carbocycles. The summed E-state index contributed by atoms with van der Waals surface area (Å²) < 4.78 is 5.44. The van der Waals surface area contributed by atoms with Crippen LogP contribution in [-0.2, 0) is 11.2 Å². The maximum Gasteiger partial charge on any atom is 0.229 e. The zero-order valence-corrected chi connectivity index (χ0v) is 18.0. The zero-order valence-electron chi connectivity index (χ0n) is 18.0. The third-order valence-corrected chi connectivity index (χ3v) is 6.77. The Kier molecular flexibility index (Phi) is 5.47. The first kappa shape index (κ1) is 20.1. The molecule has 1 aromatic heterocycles. The number of benzene rings is 1. The molecule has 156 valence electrons. The molecule has 0 radical (unpaired) electrons. The third-order valence-electron chi connectivity index (χ3n) is 6.77. The van der Waals surface area contributed by atoms with Gasteiger partial charge < -0.3 is 9.42 Å². The second kappa shape index (κ2) is 7.90. The first-order chi connectivity index (χ1) is 13.9. The first-order valence-electron chi connectivity index (χ1n) is 10.7. The summed E-state index contributed by atoms with van der Waals surface area (Å²) in [5.74, 6) is 2.02. The van der Waals surface area contributed by atoms with Crippen LogP contribution >= 0.6 is 0 Å². The summed E-state index contributed by atoms with van der Waals surface area (Å²) in [4.78, 5) is 21.9. The number of amides is 1. The highest BCUT2D eigenvalue weighted by atomic mass is 16.5. The van der Waals surface area contributed by atoms with Crippen LogP contribution in [0.1, 0.15) is 67.9 Å². The van der Waals surface area contributed by atoms with E-state index in [1.165, 1.54) is 5.56 Å². The van der Waals surface area contributed by atoms with Gasteiger partial charge in [0.15, 0.2) is 5.82 Å². The van der Waals surface area contributed by atoms with E-state index in [1.54, 1.807) is 0 Å². The molecule has 1 aromatic carbocycles. The summed E-state index contributed by atoms with van der Waals surface area (Å²) in [6, 6.07) is 8.38. The van der Waals surface area contributed by atoms with Crippen molar-refractivity contribution < 1.29 is 9.32 Å². The fraction of sp³-hybridized carbons (Fsp3) is 0.609. The molecule has 2 aliphatic heterocycles. The van der Waals surface area contributed by atoms with Crippen molar-refractivity contribution in [2.24, 2.45) is 5.41 Å². The fourth-order valence-corrected chi connectivity index (χ4v) is 4.85. The normalized spacial score (nSPS) is 22.0. The Balaban J connectivity index is 1.37. The Bertz CT molecular complexity index is 867.